The van der Waals surface area contributed by atoms with E-state index in [1.165, 1.54) is 0 Å². The highest BCUT2D eigenvalue weighted by Crippen LogP contribution is 2.38. The van der Waals surface area contributed by atoms with Crippen LogP contribution in [0.1, 0.15) is 15.9 Å². The lowest BCUT2D eigenvalue weighted by molar-refractivity contribution is 0.0937. The number of ether oxygens (including phenoxy) is 2. The van der Waals surface area contributed by atoms with Gasteiger partial charge in [-0.3, -0.25) is 9.59 Å². The van der Waals surface area contributed by atoms with E-state index in [2.05, 4.69) is 15.5 Å². The van der Waals surface area contributed by atoms with E-state index in [1.54, 1.807) is 26.2 Å². The van der Waals surface area contributed by atoms with Gasteiger partial charge in [0, 0.05) is 35.9 Å². The van der Waals surface area contributed by atoms with Crippen LogP contribution in [0.2, 0.25) is 0 Å². The van der Waals surface area contributed by atoms with Crippen LogP contribution in [-0.2, 0) is 4.74 Å². The van der Waals surface area contributed by atoms with E-state index in [0.717, 1.165) is 11.1 Å². The van der Waals surface area contributed by atoms with Crippen molar-refractivity contribution >= 4 is 5.91 Å². The number of nitrogens with zero attached hydrogens (tertiary/aromatic N) is 1. The molecule has 2 N–H and O–H groups in total. The first-order valence-corrected chi connectivity index (χ1v) is 10.9. The Labute approximate surface area is 197 Å². The number of hydrogen-bond acceptors (Lipinski definition) is 5. The third-order valence-corrected chi connectivity index (χ3v) is 5.36. The molecule has 4 aromatic rings. The van der Waals surface area contributed by atoms with Crippen molar-refractivity contribution in [3.8, 4) is 33.9 Å². The fraction of sp³-hybridized carbons (Fsp3) is 0.148. The first kappa shape index (κ1) is 22.9. The van der Waals surface area contributed by atoms with Gasteiger partial charge in [-0.05, 0) is 48.9 Å². The molecule has 0 aliphatic carbocycles. The first-order chi connectivity index (χ1) is 16.6. The van der Waals surface area contributed by atoms with Gasteiger partial charge in [0.05, 0.1) is 6.61 Å². The van der Waals surface area contributed by atoms with E-state index >= 15 is 0 Å². The maximum atomic E-state index is 12.5. The number of para-hydroxylation sites is 2. The number of aromatic amines is 1. The highest BCUT2D eigenvalue weighted by atomic mass is 16.5. The van der Waals surface area contributed by atoms with Crippen molar-refractivity contribution in [2.24, 2.45) is 0 Å². The Morgan fingerprint density at radius 2 is 1.68 bits per heavy atom. The van der Waals surface area contributed by atoms with Crippen molar-refractivity contribution < 1.29 is 14.3 Å². The molecule has 7 nitrogen and oxygen atoms in total. The minimum absolute atomic E-state index is 0.189. The molecule has 172 valence electrons. The third-order valence-electron chi connectivity index (χ3n) is 5.36. The van der Waals surface area contributed by atoms with Crippen molar-refractivity contribution in [2.45, 2.75) is 6.92 Å². The van der Waals surface area contributed by atoms with Gasteiger partial charge in [-0.1, -0.05) is 42.5 Å². The number of rotatable bonds is 8. The second-order valence-corrected chi connectivity index (χ2v) is 7.64. The fourth-order valence-corrected chi connectivity index (χ4v) is 3.61. The summed E-state index contributed by atoms with van der Waals surface area (Å²) in [7, 11) is 1.58. The molecule has 4 rings (SSSR count). The van der Waals surface area contributed by atoms with Gasteiger partial charge in [-0.15, -0.1) is 0 Å². The van der Waals surface area contributed by atoms with Crippen molar-refractivity contribution in [3.05, 3.63) is 100 Å². The molecular weight excluding hydrogens is 430 g/mol. The van der Waals surface area contributed by atoms with Gasteiger partial charge in [0.15, 0.2) is 0 Å². The molecule has 0 saturated carbocycles. The highest BCUT2D eigenvalue weighted by molar-refractivity contribution is 5.95. The number of methoxy groups -OCH3 is 1. The van der Waals surface area contributed by atoms with E-state index in [9.17, 15) is 9.59 Å². The van der Waals surface area contributed by atoms with Crippen LogP contribution in [0.15, 0.2) is 83.7 Å². The summed E-state index contributed by atoms with van der Waals surface area (Å²) in [6, 6.07) is 24.1. The Bertz CT molecular complexity index is 1330. The number of benzene rings is 3. The SMILES string of the molecule is COCCNC(=O)c1ccc(-c2c(-c3ccccc3Oc3ccccc3)n[nH]c(=O)c2C)cc1. The molecule has 34 heavy (non-hydrogen) atoms. The van der Waals surface area contributed by atoms with Gasteiger partial charge in [0.1, 0.15) is 17.2 Å². The predicted molar refractivity (Wildman–Crippen MR) is 131 cm³/mol. The average molecular weight is 456 g/mol. The van der Waals surface area contributed by atoms with Crippen LogP contribution in [0.3, 0.4) is 0 Å². The van der Waals surface area contributed by atoms with E-state index in [1.807, 2.05) is 66.7 Å². The summed E-state index contributed by atoms with van der Waals surface area (Å²) >= 11 is 0. The third kappa shape index (κ3) is 5.05. The lowest BCUT2D eigenvalue weighted by atomic mass is 9.95. The van der Waals surface area contributed by atoms with Crippen LogP contribution in [0.25, 0.3) is 22.4 Å². The Kier molecular flexibility index (Phi) is 7.15. The summed E-state index contributed by atoms with van der Waals surface area (Å²) in [4.78, 5) is 24.8. The van der Waals surface area contributed by atoms with Crippen LogP contribution >= 0.6 is 0 Å². The minimum atomic E-state index is -0.276. The summed E-state index contributed by atoms with van der Waals surface area (Å²) in [5, 5.41) is 9.77. The second-order valence-electron chi connectivity index (χ2n) is 7.64. The summed E-state index contributed by atoms with van der Waals surface area (Å²) < 4.78 is 11.1. The first-order valence-electron chi connectivity index (χ1n) is 10.9. The summed E-state index contributed by atoms with van der Waals surface area (Å²) in [6.07, 6.45) is 0. The van der Waals surface area contributed by atoms with Crippen LogP contribution < -0.4 is 15.6 Å². The molecule has 0 radical (unpaired) electrons. The molecule has 0 saturated heterocycles. The zero-order chi connectivity index (χ0) is 23.9. The summed E-state index contributed by atoms with van der Waals surface area (Å²) in [5.74, 6) is 1.12. The van der Waals surface area contributed by atoms with E-state index < -0.39 is 0 Å². The largest absolute Gasteiger partial charge is 0.457 e. The Balaban J connectivity index is 1.74. The van der Waals surface area contributed by atoms with E-state index in [0.29, 0.717) is 47.0 Å². The van der Waals surface area contributed by atoms with Gasteiger partial charge < -0.3 is 14.8 Å². The number of H-pyrrole nitrogens is 1. The maximum Gasteiger partial charge on any atom is 0.267 e. The molecule has 0 fully saturated rings. The number of hydrogen-bond donors (Lipinski definition) is 2. The number of amides is 1. The number of aromatic nitrogens is 2. The summed E-state index contributed by atoms with van der Waals surface area (Å²) in [5.41, 5.74) is 3.54. The molecule has 0 aliphatic heterocycles. The Morgan fingerprint density at radius 1 is 0.971 bits per heavy atom. The van der Waals surface area contributed by atoms with Crippen LogP contribution in [0, 0.1) is 6.92 Å². The normalized spacial score (nSPS) is 10.6. The van der Waals surface area contributed by atoms with Crippen LogP contribution in [0.5, 0.6) is 11.5 Å². The van der Waals surface area contributed by atoms with Crippen LogP contribution in [0.4, 0.5) is 0 Å². The van der Waals surface area contributed by atoms with E-state index in [4.69, 9.17) is 9.47 Å². The molecule has 0 spiro atoms. The second kappa shape index (κ2) is 10.6. The fourth-order valence-electron chi connectivity index (χ4n) is 3.61. The molecule has 1 heterocycles. The predicted octanol–water partition coefficient (Wildman–Crippen LogP) is 4.58. The molecular formula is C27H25N3O4. The van der Waals surface area contributed by atoms with Gasteiger partial charge in [0.25, 0.3) is 11.5 Å². The molecule has 0 bridgehead atoms. The van der Waals surface area contributed by atoms with Crippen molar-refractivity contribution in [1.82, 2.24) is 15.5 Å². The Morgan fingerprint density at radius 3 is 2.41 bits per heavy atom. The molecule has 0 unspecified atom stereocenters. The molecule has 0 aliphatic rings. The number of nitrogens with one attached hydrogen (secondary N) is 2. The maximum absolute atomic E-state index is 12.5. The number of carbonyl (C=O) groups is 1. The zero-order valence-electron chi connectivity index (χ0n) is 19.0. The highest BCUT2D eigenvalue weighted by Gasteiger charge is 2.19. The Hall–Kier alpha value is -4.23. The molecule has 0 atom stereocenters. The molecule has 1 amide bonds. The monoisotopic (exact) mass is 455 g/mol. The van der Waals surface area contributed by atoms with Crippen molar-refractivity contribution in [3.63, 3.8) is 0 Å². The van der Waals surface area contributed by atoms with Gasteiger partial charge >= 0.3 is 0 Å². The molecule has 3 aromatic carbocycles. The average Bonchev–Trinajstić information content (AvgIpc) is 2.87. The lowest BCUT2D eigenvalue weighted by Gasteiger charge is -2.15. The lowest BCUT2D eigenvalue weighted by Crippen LogP contribution is -2.26. The minimum Gasteiger partial charge on any atom is -0.457 e. The van der Waals surface area contributed by atoms with E-state index in [-0.39, 0.29) is 11.5 Å². The van der Waals surface area contributed by atoms with Crippen molar-refractivity contribution in [1.29, 1.82) is 0 Å². The number of carbonyl (C=O) groups excluding carboxylic acids is 1. The van der Waals surface area contributed by atoms with Crippen molar-refractivity contribution in [2.75, 3.05) is 20.3 Å². The van der Waals surface area contributed by atoms with Gasteiger partial charge in [-0.25, -0.2) is 5.10 Å². The zero-order valence-corrected chi connectivity index (χ0v) is 19.0. The van der Waals surface area contributed by atoms with Gasteiger partial charge in [0.2, 0.25) is 0 Å². The standard InChI is InChI=1S/C27H25N3O4/c1-18-24(19-12-14-20(15-13-19)27(32)28-16-17-33-2)25(29-30-26(18)31)22-10-6-7-11-23(22)34-21-8-4-3-5-9-21/h3-15H,16-17H2,1-2H3,(H,28,32)(H,30,31). The quantitative estimate of drug-likeness (QED) is 0.379. The smallest absolute Gasteiger partial charge is 0.267 e. The van der Waals surface area contributed by atoms with Crippen LogP contribution in [-0.4, -0.2) is 36.4 Å². The van der Waals surface area contributed by atoms with Gasteiger partial charge in [-0.2, -0.15) is 5.10 Å². The summed E-state index contributed by atoms with van der Waals surface area (Å²) in [6.45, 7) is 2.62. The topological polar surface area (TPSA) is 93.3 Å². The molecule has 7 heteroatoms. The molecule has 1 aromatic heterocycles.